The highest BCUT2D eigenvalue weighted by Gasteiger charge is 2.38. The van der Waals surface area contributed by atoms with Crippen LogP contribution in [-0.4, -0.2) is 73.0 Å². The van der Waals surface area contributed by atoms with E-state index in [0.29, 0.717) is 26.4 Å². The fourth-order valence-corrected chi connectivity index (χ4v) is 18.2. The van der Waals surface area contributed by atoms with Gasteiger partial charge in [-0.05, 0) is 257 Å². The summed E-state index contributed by atoms with van der Waals surface area (Å²) in [7, 11) is -7.83. The number of benzene rings is 14. The van der Waals surface area contributed by atoms with E-state index in [1.165, 1.54) is 0 Å². The van der Waals surface area contributed by atoms with E-state index < -0.39 is 46.5 Å². The summed E-state index contributed by atoms with van der Waals surface area (Å²) in [5.41, 5.74) is 46.7. The minimum atomic E-state index is -1.61. The Morgan fingerprint density at radius 3 is 0.547 bits per heavy atom. The first-order valence-electron chi connectivity index (χ1n) is 44.1. The van der Waals surface area contributed by atoms with E-state index >= 15 is 0 Å². The van der Waals surface area contributed by atoms with Gasteiger partial charge in [-0.3, -0.25) is 0 Å². The molecule has 15 heterocycles. The molecule has 29 rings (SSSR count). The topological polar surface area (TPSA) is 36.9 Å². The highest BCUT2D eigenvalue weighted by molar-refractivity contribution is 6.85. The molecule has 2 saturated heterocycles. The Kier molecular flexibility index (Phi) is 25.6. The fourth-order valence-electron chi connectivity index (χ4n) is 16.1. The van der Waals surface area contributed by atoms with Crippen molar-refractivity contribution in [1.82, 2.24) is 0 Å². The predicted octanol–water partition coefficient (Wildman–Crippen LogP) is 24.9. The van der Waals surface area contributed by atoms with E-state index in [0.717, 1.165) is 178 Å². The van der Waals surface area contributed by atoms with Gasteiger partial charge in [-0.2, -0.15) is 0 Å². The first-order valence-corrected chi connectivity index (χ1v) is 58.1. The number of hydrogen-bond acceptors (Lipinski definition) is 4. The molecule has 0 spiro atoms. The van der Waals surface area contributed by atoms with Crippen molar-refractivity contribution in [2.75, 3.05) is 26.4 Å². The van der Waals surface area contributed by atoms with Crippen molar-refractivity contribution in [3.05, 3.63) is 393 Å². The first kappa shape index (κ1) is 86.5. The van der Waals surface area contributed by atoms with Crippen LogP contribution in [0.1, 0.15) is 89.7 Å². The van der Waals surface area contributed by atoms with Crippen molar-refractivity contribution >= 4 is 57.5 Å². The second-order valence-corrected chi connectivity index (χ2v) is 56.2. The van der Waals surface area contributed by atoms with E-state index in [4.69, 9.17) is 18.6 Å². The van der Waals surface area contributed by atoms with Gasteiger partial charge in [-0.25, -0.2) is 0 Å². The standard InChI is InChI=1S/C118H98B2O4Si4/c1-125(2,3)77-73-93-49-61-99(62-50-93)109-19-13-17-107-97-57-41-89(42-58-97)37-33-85-25-27-86(28-26-85)34-38-90-43-59-98(60-44-90)108-18-14-20-110(100-63-51-94(52-64-100)74-78-126(4,5)6)116(108)106-83-123-120(124-84-106)118-112(22-16-24-114(118)104-71-55-96(56-72-104)76-80-128(10,11)12)102-67-47-92(48-68-102)40-36-88-31-29-87(30-32-88)35-39-91-45-65-101(66-46-91)111-21-15-23-113(117(111)119-121-81-105(82-122-119)115(107)109)103-69-53-95(54-70-103)75-79-127(7,8)9/h13-32,41-72,105-106H,81-84H2,1-12H3. The Balaban J connectivity index is 0.729. The normalized spacial score (nSPS) is 14.0. The molecule has 128 heavy (non-hydrogen) atoms. The molecule has 2 fully saturated rings. The molecule has 4 nitrogen and oxygen atoms in total. The first-order chi connectivity index (χ1) is 61.8. The van der Waals surface area contributed by atoms with Crippen molar-refractivity contribution in [1.29, 1.82) is 0 Å². The molecule has 0 radical (unpaired) electrons. The van der Waals surface area contributed by atoms with Crippen LogP contribution < -0.4 is 10.9 Å². The third-order valence-corrected chi connectivity index (χ3v) is 26.1. The molecule has 14 aromatic rings. The lowest BCUT2D eigenvalue weighted by atomic mass is 9.69. The van der Waals surface area contributed by atoms with Gasteiger partial charge in [-0.1, -0.05) is 319 Å². The van der Waals surface area contributed by atoms with Crippen LogP contribution in [0.2, 0.25) is 78.6 Å². The lowest BCUT2D eigenvalue weighted by Gasteiger charge is -2.32. The summed E-state index contributed by atoms with van der Waals surface area (Å²) in [6.07, 6.45) is 0. The van der Waals surface area contributed by atoms with Crippen LogP contribution in [0.3, 0.4) is 0 Å². The molecule has 0 aliphatic carbocycles. The van der Waals surface area contributed by atoms with Gasteiger partial charge in [0.25, 0.3) is 0 Å². The Morgan fingerprint density at radius 2 is 0.367 bits per heavy atom. The fraction of sp³-hybridized carbons (Fsp3) is 0.153. The van der Waals surface area contributed by atoms with Gasteiger partial charge in [0.2, 0.25) is 0 Å². The third-order valence-electron chi connectivity index (χ3n) is 22.6. The van der Waals surface area contributed by atoms with Crippen LogP contribution in [0.15, 0.2) is 315 Å². The molecular formula is C118H98B2O4Si4. The summed E-state index contributed by atoms with van der Waals surface area (Å²) < 4.78 is 28.8. The van der Waals surface area contributed by atoms with Crippen molar-refractivity contribution in [2.45, 2.75) is 90.4 Å². The summed E-state index contributed by atoms with van der Waals surface area (Å²) in [5, 5.41) is 0. The van der Waals surface area contributed by atoms with Crippen LogP contribution in [0.4, 0.5) is 0 Å². The largest absolute Gasteiger partial charge is 0.495 e. The minimum absolute atomic E-state index is 0.134. The Hall–Kier alpha value is -13.6. The van der Waals surface area contributed by atoms with E-state index in [1.54, 1.807) is 0 Å². The molecule has 0 unspecified atom stereocenters. The molecule has 0 aromatic heterocycles. The van der Waals surface area contributed by atoms with Crippen molar-refractivity contribution in [3.8, 4) is 182 Å². The smallest absolute Gasteiger partial charge is 0.407 e. The second kappa shape index (κ2) is 37.9. The molecule has 16 bridgehead atoms. The van der Waals surface area contributed by atoms with Crippen molar-refractivity contribution in [3.63, 3.8) is 0 Å². The lowest BCUT2D eigenvalue weighted by molar-refractivity contribution is 0.121. The molecule has 0 atom stereocenters. The predicted molar refractivity (Wildman–Crippen MR) is 547 cm³/mol. The molecule has 15 aliphatic heterocycles. The molecule has 10 heteroatoms. The zero-order chi connectivity index (χ0) is 88.5. The maximum atomic E-state index is 7.20. The van der Waals surface area contributed by atoms with Crippen molar-refractivity contribution in [2.24, 2.45) is 0 Å². The third kappa shape index (κ3) is 21.6. The average Bonchev–Trinajstić information content (AvgIpc) is 0.768. The SMILES string of the molecule is C[Si](C)(C)C#Cc1ccc(-c2cccc3c2B2OCC(CO2)c2c(cccc2-c2ccc(C#C[Si](C)(C)C)cc2)-c2ccc(cc2)C#Cc2ccc(cc2)C#Cc2ccc(cc2)-c2cccc(-c4ccc(C#C[Si](C)(C)C)cc4)c2C2COB(OC2)c2c(cccc2-c2ccc(C#C[Si](C)(C)C)cc2)-c2ccc(cc2)C#Cc2ccc(cc2)C#Cc2ccc-3cc2)cc1. The van der Waals surface area contributed by atoms with E-state index in [-0.39, 0.29) is 11.8 Å². The highest BCUT2D eigenvalue weighted by Crippen LogP contribution is 2.43. The van der Waals surface area contributed by atoms with Gasteiger partial charge in [-0.15, -0.1) is 22.2 Å². The number of rotatable bonds is 4. The van der Waals surface area contributed by atoms with Gasteiger partial charge in [0, 0.05) is 105 Å². The van der Waals surface area contributed by atoms with Crippen LogP contribution in [0.5, 0.6) is 0 Å². The zero-order valence-corrected chi connectivity index (χ0v) is 78.8. The van der Waals surface area contributed by atoms with Crippen LogP contribution >= 0.6 is 0 Å². The van der Waals surface area contributed by atoms with Gasteiger partial charge in [0.05, 0.1) is 0 Å². The van der Waals surface area contributed by atoms with Gasteiger partial charge in [0.1, 0.15) is 32.3 Å². The number of hydrogen-bond donors (Lipinski definition) is 0. The summed E-state index contributed by atoms with van der Waals surface area (Å²) in [4.78, 5) is 0. The van der Waals surface area contributed by atoms with Crippen LogP contribution in [0.25, 0.3) is 89.0 Å². The quantitative estimate of drug-likeness (QED) is 0.130. The van der Waals surface area contributed by atoms with Gasteiger partial charge in [0.15, 0.2) is 0 Å². The average molecular weight is 1710 g/mol. The Bertz CT molecular complexity index is 6200. The monoisotopic (exact) mass is 1710 g/mol. The van der Waals surface area contributed by atoms with Gasteiger partial charge >= 0.3 is 14.2 Å². The minimum Gasteiger partial charge on any atom is -0.407 e. The Labute approximate surface area is 762 Å². The molecule has 616 valence electrons. The second-order valence-electron chi connectivity index (χ2n) is 37.2. The van der Waals surface area contributed by atoms with E-state index in [1.807, 2.05) is 48.5 Å². The summed E-state index contributed by atoms with van der Waals surface area (Å²) in [6.45, 7) is 28.9. The molecule has 0 saturated carbocycles. The molecule has 0 amide bonds. The summed E-state index contributed by atoms with van der Waals surface area (Å²) in [5.74, 6) is 41.3. The Morgan fingerprint density at radius 1 is 0.211 bits per heavy atom. The van der Waals surface area contributed by atoms with Crippen molar-refractivity contribution < 1.29 is 18.6 Å². The molecular weight excluding hydrogens is 1620 g/mol. The van der Waals surface area contributed by atoms with E-state index in [9.17, 15) is 0 Å². The molecule has 15 aliphatic rings. The van der Waals surface area contributed by atoms with Gasteiger partial charge < -0.3 is 18.6 Å². The highest BCUT2D eigenvalue weighted by atomic mass is 28.3. The van der Waals surface area contributed by atoms with Crippen LogP contribution in [-0.2, 0) is 18.6 Å². The summed E-state index contributed by atoms with van der Waals surface area (Å²) in [6, 6.07) is 112. The maximum absolute atomic E-state index is 7.20. The van der Waals surface area contributed by atoms with Crippen LogP contribution in [0, 0.1) is 93.2 Å². The zero-order valence-electron chi connectivity index (χ0n) is 74.8. The van der Waals surface area contributed by atoms with E-state index in [2.05, 4.69) is 439 Å². The molecule has 14 aromatic carbocycles. The lowest BCUT2D eigenvalue weighted by Crippen LogP contribution is -2.45. The summed E-state index contributed by atoms with van der Waals surface area (Å²) >= 11 is 0. The maximum Gasteiger partial charge on any atom is 0.495 e. The molecule has 0 N–H and O–H groups in total.